The van der Waals surface area contributed by atoms with Gasteiger partial charge < -0.3 is 9.64 Å². The Balaban J connectivity index is 1.66. The molecule has 1 aliphatic heterocycles. The van der Waals surface area contributed by atoms with Crippen molar-refractivity contribution in [3.05, 3.63) is 64.9 Å². The molecule has 1 unspecified atom stereocenters. The topological polar surface area (TPSA) is 25.4 Å². The van der Waals surface area contributed by atoms with E-state index in [1.54, 1.807) is 23.5 Å². The van der Waals surface area contributed by atoms with Gasteiger partial charge in [-0.15, -0.1) is 11.3 Å². The number of halogens is 1. The van der Waals surface area contributed by atoms with Gasteiger partial charge in [-0.25, -0.2) is 9.37 Å². The lowest BCUT2D eigenvalue weighted by Crippen LogP contribution is -2.35. The van der Waals surface area contributed by atoms with Crippen LogP contribution in [0.4, 0.5) is 4.39 Å². The van der Waals surface area contributed by atoms with Crippen molar-refractivity contribution >= 4 is 21.6 Å². The molecular formula is C20H21FN2OS. The summed E-state index contributed by atoms with van der Waals surface area (Å²) in [7, 11) is 2.14. The van der Waals surface area contributed by atoms with Crippen LogP contribution in [0.1, 0.15) is 29.5 Å². The van der Waals surface area contributed by atoms with Crippen LogP contribution in [0.15, 0.2) is 48.5 Å². The molecule has 0 spiro atoms. The minimum Gasteiger partial charge on any atom is -0.363 e. The zero-order valence-electron chi connectivity index (χ0n) is 14.2. The van der Waals surface area contributed by atoms with Crippen molar-refractivity contribution in [2.24, 2.45) is 0 Å². The van der Waals surface area contributed by atoms with Crippen molar-refractivity contribution in [3.8, 4) is 0 Å². The van der Waals surface area contributed by atoms with Crippen LogP contribution >= 0.6 is 11.3 Å². The van der Waals surface area contributed by atoms with Crippen LogP contribution in [-0.2, 0) is 4.74 Å². The Labute approximate surface area is 151 Å². The molecule has 0 saturated carbocycles. The van der Waals surface area contributed by atoms with Gasteiger partial charge in [0, 0.05) is 13.1 Å². The van der Waals surface area contributed by atoms with Crippen LogP contribution in [0.2, 0.25) is 0 Å². The van der Waals surface area contributed by atoms with Gasteiger partial charge in [0.1, 0.15) is 16.9 Å². The Morgan fingerprint density at radius 2 is 1.84 bits per heavy atom. The summed E-state index contributed by atoms with van der Waals surface area (Å²) in [6, 6.07) is 14.7. The molecule has 130 valence electrons. The van der Waals surface area contributed by atoms with Gasteiger partial charge >= 0.3 is 0 Å². The summed E-state index contributed by atoms with van der Waals surface area (Å²) in [4.78, 5) is 7.11. The maximum absolute atomic E-state index is 13.4. The van der Waals surface area contributed by atoms with Gasteiger partial charge in [0.25, 0.3) is 0 Å². The quantitative estimate of drug-likeness (QED) is 0.681. The average Bonchev–Trinajstić information content (AvgIpc) is 3.06. The van der Waals surface area contributed by atoms with Gasteiger partial charge in [-0.2, -0.15) is 0 Å². The molecule has 4 rings (SSSR count). The Bertz CT molecular complexity index is 807. The lowest BCUT2D eigenvalue weighted by molar-refractivity contribution is -0.0234. The number of nitrogens with zero attached hydrogens (tertiary/aromatic N) is 2. The van der Waals surface area contributed by atoms with Crippen molar-refractivity contribution in [2.45, 2.75) is 25.0 Å². The van der Waals surface area contributed by atoms with Crippen molar-refractivity contribution in [1.29, 1.82) is 0 Å². The number of rotatable bonds is 4. The van der Waals surface area contributed by atoms with Gasteiger partial charge in [-0.05, 0) is 49.7 Å². The SMILES string of the molecule is CN1CCC(OC(c2ccc(F)cc2)c2nc3ccccc3s2)CC1. The fourth-order valence-electron chi connectivity index (χ4n) is 3.23. The maximum Gasteiger partial charge on any atom is 0.134 e. The van der Waals surface area contributed by atoms with Crippen molar-refractivity contribution in [2.75, 3.05) is 20.1 Å². The Hall–Kier alpha value is -1.82. The van der Waals surface area contributed by atoms with Gasteiger partial charge in [0.2, 0.25) is 0 Å². The highest BCUT2D eigenvalue weighted by Crippen LogP contribution is 2.35. The molecule has 0 amide bonds. The maximum atomic E-state index is 13.4. The molecule has 2 heterocycles. The number of para-hydroxylation sites is 1. The lowest BCUT2D eigenvalue weighted by Gasteiger charge is -2.31. The first-order valence-corrected chi connectivity index (χ1v) is 9.45. The molecule has 25 heavy (non-hydrogen) atoms. The molecular weight excluding hydrogens is 335 g/mol. The van der Waals surface area contributed by atoms with Crippen molar-refractivity contribution in [1.82, 2.24) is 9.88 Å². The van der Waals surface area contributed by atoms with Gasteiger partial charge in [0.05, 0.1) is 16.3 Å². The molecule has 5 heteroatoms. The molecule has 1 saturated heterocycles. The second kappa shape index (κ2) is 7.20. The molecule has 0 aliphatic carbocycles. The molecule has 1 aromatic heterocycles. The predicted molar refractivity (Wildman–Crippen MR) is 99.5 cm³/mol. The zero-order chi connectivity index (χ0) is 17.2. The predicted octanol–water partition coefficient (Wildman–Crippen LogP) is 4.64. The number of hydrogen-bond acceptors (Lipinski definition) is 4. The Kier molecular flexibility index (Phi) is 4.79. The first-order valence-electron chi connectivity index (χ1n) is 8.64. The van der Waals surface area contributed by atoms with Crippen LogP contribution in [0, 0.1) is 5.82 Å². The van der Waals surface area contributed by atoms with Crippen LogP contribution < -0.4 is 0 Å². The summed E-state index contributed by atoms with van der Waals surface area (Å²) in [5.41, 5.74) is 1.95. The van der Waals surface area contributed by atoms with Crippen LogP contribution in [-0.4, -0.2) is 36.1 Å². The molecule has 1 aliphatic rings. The first-order chi connectivity index (χ1) is 12.2. The van der Waals surface area contributed by atoms with Crippen molar-refractivity contribution < 1.29 is 9.13 Å². The fraction of sp³-hybridized carbons (Fsp3) is 0.350. The number of ether oxygens (including phenoxy) is 1. The minimum atomic E-state index is -0.244. The third-order valence-electron chi connectivity index (χ3n) is 4.70. The Morgan fingerprint density at radius 1 is 1.12 bits per heavy atom. The first kappa shape index (κ1) is 16.6. The molecule has 3 nitrogen and oxygen atoms in total. The van der Waals surface area contributed by atoms with E-state index in [9.17, 15) is 4.39 Å². The summed E-state index contributed by atoms with van der Waals surface area (Å²) in [5, 5.41) is 0.937. The summed E-state index contributed by atoms with van der Waals surface area (Å²) >= 11 is 1.65. The summed E-state index contributed by atoms with van der Waals surface area (Å²) in [5.74, 6) is -0.230. The van der Waals surface area contributed by atoms with Crippen molar-refractivity contribution in [3.63, 3.8) is 0 Å². The number of thiazole rings is 1. The summed E-state index contributed by atoms with van der Waals surface area (Å²) in [6.45, 7) is 2.08. The smallest absolute Gasteiger partial charge is 0.134 e. The monoisotopic (exact) mass is 356 g/mol. The molecule has 0 N–H and O–H groups in total. The zero-order valence-corrected chi connectivity index (χ0v) is 15.0. The van der Waals surface area contributed by atoms with Crippen LogP contribution in [0.5, 0.6) is 0 Å². The lowest BCUT2D eigenvalue weighted by atomic mass is 10.1. The largest absolute Gasteiger partial charge is 0.363 e. The third kappa shape index (κ3) is 3.73. The van der Waals surface area contributed by atoms with Crippen LogP contribution in [0.3, 0.4) is 0 Å². The second-order valence-corrected chi connectivity index (χ2v) is 7.65. The van der Waals surface area contributed by atoms with Gasteiger partial charge in [0.15, 0.2) is 0 Å². The average molecular weight is 356 g/mol. The molecule has 3 aromatic rings. The standard InChI is InChI=1S/C20H21FN2OS/c1-23-12-10-16(11-13-23)24-19(14-6-8-15(21)9-7-14)20-22-17-4-2-3-5-18(17)25-20/h2-9,16,19H,10-13H2,1H3. The number of piperidine rings is 1. The number of aromatic nitrogens is 1. The molecule has 2 aromatic carbocycles. The number of benzene rings is 2. The van der Waals surface area contributed by atoms with E-state index in [0.29, 0.717) is 0 Å². The van der Waals surface area contributed by atoms with Gasteiger partial charge in [-0.1, -0.05) is 24.3 Å². The van der Waals surface area contributed by atoms with E-state index in [4.69, 9.17) is 9.72 Å². The van der Waals surface area contributed by atoms with Gasteiger partial charge in [-0.3, -0.25) is 0 Å². The fourth-order valence-corrected chi connectivity index (χ4v) is 4.27. The van der Waals surface area contributed by atoms with E-state index in [1.165, 1.54) is 12.1 Å². The third-order valence-corrected chi connectivity index (χ3v) is 5.78. The number of fused-ring (bicyclic) bond motifs is 1. The molecule has 1 atom stereocenters. The van der Waals surface area contributed by atoms with E-state index in [-0.39, 0.29) is 18.0 Å². The van der Waals surface area contributed by atoms with E-state index in [0.717, 1.165) is 46.7 Å². The minimum absolute atomic E-state index is 0.207. The number of hydrogen-bond donors (Lipinski definition) is 0. The number of likely N-dealkylation sites (tertiary alicyclic amines) is 1. The highest BCUT2D eigenvalue weighted by molar-refractivity contribution is 7.18. The molecule has 0 bridgehead atoms. The van der Waals surface area contributed by atoms with E-state index < -0.39 is 0 Å². The summed E-state index contributed by atoms with van der Waals surface area (Å²) in [6.07, 6.45) is 1.99. The Morgan fingerprint density at radius 3 is 2.56 bits per heavy atom. The molecule has 0 radical (unpaired) electrons. The normalized spacial score (nSPS) is 17.8. The highest BCUT2D eigenvalue weighted by Gasteiger charge is 2.26. The van der Waals surface area contributed by atoms with E-state index in [2.05, 4.69) is 18.0 Å². The summed E-state index contributed by atoms with van der Waals surface area (Å²) < 4.78 is 21.0. The second-order valence-electron chi connectivity index (χ2n) is 6.59. The highest BCUT2D eigenvalue weighted by atomic mass is 32.1. The van der Waals surface area contributed by atoms with E-state index >= 15 is 0 Å². The van der Waals surface area contributed by atoms with E-state index in [1.807, 2.05) is 18.2 Å². The molecule has 1 fully saturated rings. The van der Waals surface area contributed by atoms with Crippen LogP contribution in [0.25, 0.3) is 10.2 Å².